The molecule has 2 aromatic carbocycles. The van der Waals surface area contributed by atoms with Crippen molar-refractivity contribution in [3.63, 3.8) is 0 Å². The van der Waals surface area contributed by atoms with Gasteiger partial charge in [-0.1, -0.05) is 6.07 Å². The summed E-state index contributed by atoms with van der Waals surface area (Å²) in [4.78, 5) is 23.7. The van der Waals surface area contributed by atoms with Gasteiger partial charge in [0, 0.05) is 35.8 Å². The third-order valence-corrected chi connectivity index (χ3v) is 4.71. The number of carbonyl (C=O) groups excluding carboxylic acids is 2. The summed E-state index contributed by atoms with van der Waals surface area (Å²) in [5.74, 6) is -0.370. The van der Waals surface area contributed by atoms with Crippen molar-refractivity contribution in [1.82, 2.24) is 9.88 Å². The van der Waals surface area contributed by atoms with Crippen molar-refractivity contribution in [2.45, 2.75) is 20.4 Å². The molecule has 0 aliphatic rings. The SMILES string of the molecule is CC(=O)NCc1ccc2c(c1)c(C(=O)CCl)c(C)n2-c1ccc(C#N)cc1. The number of halogens is 1. The molecule has 1 amide bonds. The maximum absolute atomic E-state index is 12.5. The van der Waals surface area contributed by atoms with Gasteiger partial charge in [0.05, 0.1) is 23.0 Å². The maximum atomic E-state index is 12.5. The maximum Gasteiger partial charge on any atom is 0.217 e. The summed E-state index contributed by atoms with van der Waals surface area (Å²) in [6, 6.07) is 15.1. The summed E-state index contributed by atoms with van der Waals surface area (Å²) in [6.07, 6.45) is 0. The highest BCUT2D eigenvalue weighted by Gasteiger charge is 2.20. The second-order valence-corrected chi connectivity index (χ2v) is 6.54. The number of fused-ring (bicyclic) bond motifs is 1. The Morgan fingerprint density at radius 3 is 2.48 bits per heavy atom. The first-order valence-electron chi connectivity index (χ1n) is 8.44. The molecule has 0 bridgehead atoms. The fourth-order valence-electron chi connectivity index (χ4n) is 3.24. The molecule has 0 radical (unpaired) electrons. The average molecular weight is 380 g/mol. The van der Waals surface area contributed by atoms with Crippen LogP contribution in [0.4, 0.5) is 0 Å². The number of ketones is 1. The van der Waals surface area contributed by atoms with Gasteiger partial charge in [-0.3, -0.25) is 9.59 Å². The highest BCUT2D eigenvalue weighted by Crippen LogP contribution is 2.31. The molecule has 1 aromatic heterocycles. The Morgan fingerprint density at radius 2 is 1.89 bits per heavy atom. The van der Waals surface area contributed by atoms with Gasteiger partial charge in [0.25, 0.3) is 0 Å². The van der Waals surface area contributed by atoms with Crippen LogP contribution in [-0.2, 0) is 11.3 Å². The Labute approximate surface area is 162 Å². The first-order chi connectivity index (χ1) is 13.0. The topological polar surface area (TPSA) is 74.9 Å². The third kappa shape index (κ3) is 3.57. The Kier molecular flexibility index (Phi) is 5.29. The monoisotopic (exact) mass is 379 g/mol. The molecule has 6 heteroatoms. The number of alkyl halides is 1. The molecule has 0 saturated carbocycles. The molecule has 0 aliphatic heterocycles. The molecule has 136 valence electrons. The number of hydrogen-bond donors (Lipinski definition) is 1. The molecule has 0 unspecified atom stereocenters. The van der Waals surface area contributed by atoms with E-state index in [0.29, 0.717) is 17.7 Å². The number of rotatable bonds is 5. The summed E-state index contributed by atoms with van der Waals surface area (Å²) in [5, 5.41) is 12.6. The lowest BCUT2D eigenvalue weighted by Crippen LogP contribution is -2.18. The third-order valence-electron chi connectivity index (χ3n) is 4.46. The molecule has 5 nitrogen and oxygen atoms in total. The van der Waals surface area contributed by atoms with Crippen LogP contribution in [0.5, 0.6) is 0 Å². The van der Waals surface area contributed by atoms with Gasteiger partial charge in [-0.15, -0.1) is 11.6 Å². The molecule has 27 heavy (non-hydrogen) atoms. The van der Waals surface area contributed by atoms with E-state index in [2.05, 4.69) is 11.4 Å². The average Bonchev–Trinajstić information content (AvgIpc) is 2.97. The first kappa shape index (κ1) is 18.7. The molecule has 1 N–H and O–H groups in total. The molecular weight excluding hydrogens is 362 g/mol. The number of hydrogen-bond acceptors (Lipinski definition) is 3. The minimum absolute atomic E-state index is 0.108. The van der Waals surface area contributed by atoms with Crippen LogP contribution in [0.2, 0.25) is 0 Å². The second kappa shape index (κ2) is 7.65. The van der Waals surface area contributed by atoms with Crippen LogP contribution < -0.4 is 5.32 Å². The van der Waals surface area contributed by atoms with Crippen LogP contribution in [0, 0.1) is 18.3 Å². The second-order valence-electron chi connectivity index (χ2n) is 6.27. The Bertz CT molecular complexity index is 1080. The zero-order valence-corrected chi connectivity index (χ0v) is 15.8. The van der Waals surface area contributed by atoms with E-state index < -0.39 is 0 Å². The van der Waals surface area contributed by atoms with Gasteiger partial charge >= 0.3 is 0 Å². The fraction of sp³-hybridized carbons (Fsp3) is 0.190. The minimum Gasteiger partial charge on any atom is -0.352 e. The van der Waals surface area contributed by atoms with Crippen LogP contribution in [0.3, 0.4) is 0 Å². The van der Waals surface area contributed by atoms with Gasteiger partial charge in [-0.05, 0) is 48.9 Å². The minimum atomic E-state index is -0.150. The van der Waals surface area contributed by atoms with E-state index in [0.717, 1.165) is 27.8 Å². The molecule has 0 atom stereocenters. The quantitative estimate of drug-likeness (QED) is 0.540. The molecular formula is C21H18ClN3O2. The molecule has 0 saturated heterocycles. The zero-order chi connectivity index (χ0) is 19.6. The molecule has 0 fully saturated rings. The number of nitrogens with one attached hydrogen (secondary N) is 1. The van der Waals surface area contributed by atoms with Gasteiger partial charge < -0.3 is 9.88 Å². The van der Waals surface area contributed by atoms with Crippen molar-refractivity contribution in [2.24, 2.45) is 0 Å². The lowest BCUT2D eigenvalue weighted by molar-refractivity contribution is -0.119. The van der Waals surface area contributed by atoms with E-state index in [-0.39, 0.29) is 17.6 Å². The van der Waals surface area contributed by atoms with Crippen LogP contribution in [0.25, 0.3) is 16.6 Å². The van der Waals surface area contributed by atoms with Crippen LogP contribution in [0.15, 0.2) is 42.5 Å². The predicted octanol–water partition coefficient (Wildman–Crippen LogP) is 3.87. The van der Waals surface area contributed by atoms with E-state index in [1.165, 1.54) is 6.92 Å². The summed E-state index contributed by atoms with van der Waals surface area (Å²) in [7, 11) is 0. The van der Waals surface area contributed by atoms with Crippen molar-refractivity contribution in [2.75, 3.05) is 5.88 Å². The standard InChI is InChI=1S/C21H18ClN3O2/c1-13-21(20(27)10-22)18-9-16(12-24-14(2)26)5-8-19(18)25(13)17-6-3-15(11-23)4-7-17/h3-9H,10,12H2,1-2H3,(H,24,26). The molecule has 0 spiro atoms. The number of aromatic nitrogens is 1. The van der Waals surface area contributed by atoms with E-state index in [1.54, 1.807) is 12.1 Å². The van der Waals surface area contributed by atoms with Gasteiger partial charge in [-0.2, -0.15) is 5.26 Å². The number of Topliss-reactive ketones (excluding diaryl/α,β-unsaturated/α-hetero) is 1. The van der Waals surface area contributed by atoms with Crippen LogP contribution in [-0.4, -0.2) is 22.1 Å². The first-order valence-corrected chi connectivity index (χ1v) is 8.97. The number of carbonyl (C=O) groups is 2. The van der Waals surface area contributed by atoms with Crippen molar-refractivity contribution >= 4 is 34.2 Å². The van der Waals surface area contributed by atoms with E-state index in [4.69, 9.17) is 16.9 Å². The Hall–Kier alpha value is -3.10. The smallest absolute Gasteiger partial charge is 0.217 e. The zero-order valence-electron chi connectivity index (χ0n) is 15.0. The number of benzene rings is 2. The van der Waals surface area contributed by atoms with Gasteiger partial charge in [0.2, 0.25) is 5.91 Å². The van der Waals surface area contributed by atoms with Gasteiger partial charge in [0.1, 0.15) is 0 Å². The molecule has 3 aromatic rings. The molecule has 1 heterocycles. The highest BCUT2D eigenvalue weighted by atomic mass is 35.5. The summed E-state index contributed by atoms with van der Waals surface area (Å²) >= 11 is 5.84. The Balaban J connectivity index is 2.21. The van der Waals surface area contributed by atoms with Crippen molar-refractivity contribution in [3.8, 4) is 11.8 Å². The van der Waals surface area contributed by atoms with Crippen LogP contribution in [0.1, 0.15) is 34.1 Å². The van der Waals surface area contributed by atoms with Gasteiger partial charge in [-0.25, -0.2) is 0 Å². The summed E-state index contributed by atoms with van der Waals surface area (Å²) in [6.45, 7) is 3.73. The number of nitriles is 1. The largest absolute Gasteiger partial charge is 0.352 e. The summed E-state index contributed by atoms with van der Waals surface area (Å²) in [5.41, 5.74) is 4.57. The number of nitrogens with zero attached hydrogens (tertiary/aromatic N) is 2. The van der Waals surface area contributed by atoms with E-state index >= 15 is 0 Å². The predicted molar refractivity (Wildman–Crippen MR) is 105 cm³/mol. The van der Waals surface area contributed by atoms with Gasteiger partial charge in [0.15, 0.2) is 5.78 Å². The lowest BCUT2D eigenvalue weighted by atomic mass is 10.1. The van der Waals surface area contributed by atoms with Crippen molar-refractivity contribution in [3.05, 3.63) is 64.8 Å². The normalized spacial score (nSPS) is 10.6. The van der Waals surface area contributed by atoms with Crippen molar-refractivity contribution in [1.29, 1.82) is 5.26 Å². The van der Waals surface area contributed by atoms with Crippen molar-refractivity contribution < 1.29 is 9.59 Å². The molecule has 3 rings (SSSR count). The van der Waals surface area contributed by atoms with Crippen LogP contribution >= 0.6 is 11.6 Å². The number of amides is 1. The lowest BCUT2D eigenvalue weighted by Gasteiger charge is -2.09. The van der Waals surface area contributed by atoms with E-state index in [9.17, 15) is 9.59 Å². The Morgan fingerprint density at radius 1 is 1.19 bits per heavy atom. The van der Waals surface area contributed by atoms with E-state index in [1.807, 2.05) is 41.8 Å². The summed E-state index contributed by atoms with van der Waals surface area (Å²) < 4.78 is 1.98. The fourth-order valence-corrected chi connectivity index (χ4v) is 3.37. The highest BCUT2D eigenvalue weighted by molar-refractivity contribution is 6.32. The molecule has 0 aliphatic carbocycles.